The second kappa shape index (κ2) is 9.39. The summed E-state index contributed by atoms with van der Waals surface area (Å²) < 4.78 is 2.95. The van der Waals surface area contributed by atoms with Crippen molar-refractivity contribution in [1.29, 1.82) is 0 Å². The van der Waals surface area contributed by atoms with Crippen LogP contribution in [0.2, 0.25) is 0 Å². The first-order valence-corrected chi connectivity index (χ1v) is 9.14. The lowest BCUT2D eigenvalue weighted by Crippen LogP contribution is -2.46. The lowest BCUT2D eigenvalue weighted by molar-refractivity contribution is 0.0902. The van der Waals surface area contributed by atoms with Crippen molar-refractivity contribution < 1.29 is 5.11 Å². The first-order valence-electron chi connectivity index (χ1n) is 8.06. The fraction of sp³-hybridized carbons (Fsp3) is 0.556. The molecule has 1 aromatic rings. The summed E-state index contributed by atoms with van der Waals surface area (Å²) in [6, 6.07) is 13.5. The molecule has 2 atom stereocenters. The second-order valence-corrected chi connectivity index (χ2v) is 6.61. The van der Waals surface area contributed by atoms with E-state index in [1.54, 1.807) is 0 Å². The van der Waals surface area contributed by atoms with Crippen LogP contribution in [0, 0.1) is 9.97 Å². The van der Waals surface area contributed by atoms with Crippen molar-refractivity contribution in [1.82, 2.24) is 4.90 Å². The first-order chi connectivity index (χ1) is 10.7. The lowest BCUT2D eigenvalue weighted by atomic mass is 9.93. The van der Waals surface area contributed by atoms with Crippen LogP contribution in [0.5, 0.6) is 0 Å². The maximum Gasteiger partial charge on any atom is 0.0876 e. The highest BCUT2D eigenvalue weighted by Crippen LogP contribution is 2.22. The monoisotopic (exact) mass is 412 g/mol. The van der Waals surface area contributed by atoms with E-state index in [9.17, 15) is 5.11 Å². The first kappa shape index (κ1) is 17.6. The van der Waals surface area contributed by atoms with Crippen LogP contribution < -0.4 is 5.73 Å². The number of rotatable bonds is 6. The molecule has 120 valence electrons. The Bertz CT molecular complexity index is 491. The smallest absolute Gasteiger partial charge is 0.0876 e. The van der Waals surface area contributed by atoms with Crippen molar-refractivity contribution in [3.05, 3.63) is 35.9 Å². The normalized spacial score (nSPS) is 18.1. The highest BCUT2D eigenvalue weighted by molar-refractivity contribution is 14.1. The summed E-state index contributed by atoms with van der Waals surface area (Å²) in [5.74, 6) is 0. The lowest BCUT2D eigenvalue weighted by Gasteiger charge is -2.34. The molecule has 2 unspecified atom stereocenters. The van der Waals surface area contributed by atoms with E-state index in [0.717, 1.165) is 0 Å². The number of nitrogens with two attached hydrogens (primary N) is 1. The quantitative estimate of drug-likeness (QED) is 0.429. The summed E-state index contributed by atoms with van der Waals surface area (Å²) in [6.07, 6.45) is 6.32. The number of halogens is 1. The van der Waals surface area contributed by atoms with E-state index < -0.39 is 6.10 Å². The summed E-state index contributed by atoms with van der Waals surface area (Å²) in [5, 5.41) is 10.5. The molecule has 0 saturated heterocycles. The number of aliphatic hydroxyl groups excluding tert-OH is 1. The van der Waals surface area contributed by atoms with Crippen molar-refractivity contribution in [2.45, 2.75) is 56.7 Å². The molecule has 0 amide bonds. The largest absolute Gasteiger partial charge is 0.390 e. The molecule has 2 rings (SSSR count). The zero-order valence-corrected chi connectivity index (χ0v) is 15.1. The van der Waals surface area contributed by atoms with Gasteiger partial charge in [0.25, 0.3) is 0 Å². The van der Waals surface area contributed by atoms with Gasteiger partial charge in [0.2, 0.25) is 0 Å². The van der Waals surface area contributed by atoms with Crippen LogP contribution in [0.25, 0.3) is 0 Å². The molecule has 0 heterocycles. The molecule has 4 heteroatoms. The van der Waals surface area contributed by atoms with Crippen LogP contribution in [0.4, 0.5) is 0 Å². The molecule has 22 heavy (non-hydrogen) atoms. The van der Waals surface area contributed by atoms with Gasteiger partial charge in [-0.15, -0.1) is 0 Å². The molecule has 0 bridgehead atoms. The van der Waals surface area contributed by atoms with Crippen molar-refractivity contribution in [2.24, 2.45) is 5.73 Å². The van der Waals surface area contributed by atoms with E-state index in [2.05, 4.69) is 49.6 Å². The van der Waals surface area contributed by atoms with Crippen molar-refractivity contribution in [2.75, 3.05) is 6.54 Å². The van der Waals surface area contributed by atoms with Crippen LogP contribution in [-0.4, -0.2) is 34.7 Å². The zero-order chi connectivity index (χ0) is 15.8. The Labute approximate surface area is 147 Å². The Morgan fingerprint density at radius 1 is 1.23 bits per heavy atom. The van der Waals surface area contributed by atoms with E-state index in [0.29, 0.717) is 19.0 Å². The average molecular weight is 412 g/mol. The Kier molecular flexibility index (Phi) is 7.50. The number of benzene rings is 1. The summed E-state index contributed by atoms with van der Waals surface area (Å²) in [4.78, 5) is 2.11. The van der Waals surface area contributed by atoms with Crippen LogP contribution in [0.3, 0.4) is 0 Å². The predicted octanol–water partition coefficient (Wildman–Crippen LogP) is 2.91. The molecule has 0 aromatic heterocycles. The van der Waals surface area contributed by atoms with Gasteiger partial charge < -0.3 is 15.7 Å². The van der Waals surface area contributed by atoms with Gasteiger partial charge in [-0.25, -0.2) is 0 Å². The summed E-state index contributed by atoms with van der Waals surface area (Å²) >= 11 is 2.07. The summed E-state index contributed by atoms with van der Waals surface area (Å²) in [6.45, 7) is 0.536. The molecule has 1 saturated carbocycles. The van der Waals surface area contributed by atoms with E-state index in [1.807, 2.05) is 18.2 Å². The molecule has 0 radical (unpaired) electrons. The fourth-order valence-corrected chi connectivity index (χ4v) is 3.40. The summed E-state index contributed by atoms with van der Waals surface area (Å²) in [7, 11) is 0. The maximum absolute atomic E-state index is 10.5. The number of hydrogen-bond acceptors (Lipinski definition) is 3. The minimum Gasteiger partial charge on any atom is -0.390 e. The predicted molar refractivity (Wildman–Crippen MR) is 99.5 cm³/mol. The minimum absolute atomic E-state index is 0.260. The molecular weight excluding hydrogens is 387 g/mol. The highest BCUT2D eigenvalue weighted by atomic mass is 127. The van der Waals surface area contributed by atoms with E-state index in [-0.39, 0.29) is 6.04 Å². The third kappa shape index (κ3) is 5.45. The topological polar surface area (TPSA) is 49.5 Å². The SMILES string of the molecule is NC(Cc1ccccc1)C(O)CN(C#CI)C1CCCCC1. The van der Waals surface area contributed by atoms with Gasteiger partial charge in [0.05, 0.1) is 12.6 Å². The zero-order valence-electron chi connectivity index (χ0n) is 12.9. The molecular formula is C18H25IN2O. The van der Waals surface area contributed by atoms with Gasteiger partial charge in [0.15, 0.2) is 0 Å². The highest BCUT2D eigenvalue weighted by Gasteiger charge is 2.24. The van der Waals surface area contributed by atoms with Gasteiger partial charge in [-0.05, 0) is 28.8 Å². The van der Waals surface area contributed by atoms with Crippen LogP contribution in [0.1, 0.15) is 37.7 Å². The van der Waals surface area contributed by atoms with E-state index in [1.165, 1.54) is 37.7 Å². The van der Waals surface area contributed by atoms with Crippen molar-refractivity contribution in [3.63, 3.8) is 0 Å². The number of nitrogens with zero attached hydrogens (tertiary/aromatic N) is 1. The van der Waals surface area contributed by atoms with Gasteiger partial charge in [-0.1, -0.05) is 49.6 Å². The Morgan fingerprint density at radius 2 is 1.91 bits per heavy atom. The Hall–Kier alpha value is -0.770. The van der Waals surface area contributed by atoms with E-state index >= 15 is 0 Å². The Balaban J connectivity index is 1.91. The van der Waals surface area contributed by atoms with Crippen LogP contribution in [0.15, 0.2) is 30.3 Å². The van der Waals surface area contributed by atoms with Crippen LogP contribution in [-0.2, 0) is 6.42 Å². The molecule has 3 N–H and O–H groups in total. The molecule has 1 aromatic carbocycles. The second-order valence-electron chi connectivity index (χ2n) is 6.07. The minimum atomic E-state index is -0.556. The molecule has 0 aliphatic heterocycles. The Morgan fingerprint density at radius 3 is 2.55 bits per heavy atom. The molecule has 1 aliphatic carbocycles. The molecule has 3 nitrogen and oxygen atoms in total. The van der Waals surface area contributed by atoms with Gasteiger partial charge in [0, 0.05) is 40.7 Å². The fourth-order valence-electron chi connectivity index (χ4n) is 3.09. The average Bonchev–Trinajstić information content (AvgIpc) is 2.56. The van der Waals surface area contributed by atoms with Crippen molar-refractivity contribution in [3.8, 4) is 9.97 Å². The van der Waals surface area contributed by atoms with Gasteiger partial charge >= 0.3 is 0 Å². The third-order valence-corrected chi connectivity index (χ3v) is 4.63. The third-order valence-electron chi connectivity index (χ3n) is 4.39. The van der Waals surface area contributed by atoms with Gasteiger partial charge in [0.1, 0.15) is 0 Å². The molecule has 0 spiro atoms. The maximum atomic E-state index is 10.5. The standard InChI is InChI=1S/C18H25IN2O/c19-11-12-21(16-9-5-2-6-10-16)14-18(22)17(20)13-15-7-3-1-4-8-15/h1,3-4,7-8,16-18,22H,2,5-6,9-10,13-14,20H2. The number of hydrogen-bond donors (Lipinski definition) is 2. The van der Waals surface area contributed by atoms with Gasteiger partial charge in [-0.3, -0.25) is 0 Å². The van der Waals surface area contributed by atoms with Gasteiger partial charge in [-0.2, -0.15) is 0 Å². The molecule has 1 aliphatic rings. The summed E-state index contributed by atoms with van der Waals surface area (Å²) in [5.41, 5.74) is 7.36. The van der Waals surface area contributed by atoms with Crippen molar-refractivity contribution >= 4 is 22.6 Å². The van der Waals surface area contributed by atoms with Crippen LogP contribution >= 0.6 is 22.6 Å². The van der Waals surface area contributed by atoms with E-state index in [4.69, 9.17) is 5.73 Å². The molecule has 1 fully saturated rings. The number of aliphatic hydroxyl groups is 1.